The van der Waals surface area contributed by atoms with Gasteiger partial charge in [0.1, 0.15) is 0 Å². The molecule has 0 unspecified atom stereocenters. The third kappa shape index (κ3) is 2.60. The summed E-state index contributed by atoms with van der Waals surface area (Å²) in [5.74, 6) is 0.0705. The highest BCUT2D eigenvalue weighted by molar-refractivity contribution is 9.10. The van der Waals surface area contributed by atoms with Crippen LogP contribution < -0.4 is 0 Å². The predicted molar refractivity (Wildman–Crippen MR) is 73.9 cm³/mol. The molecule has 1 N–H and O–H groups in total. The van der Waals surface area contributed by atoms with Gasteiger partial charge in [-0.2, -0.15) is 0 Å². The second-order valence-corrected chi connectivity index (χ2v) is 5.34. The maximum absolute atomic E-state index is 11.5. The fraction of sp³-hybridized carbons (Fsp3) is 0.500. The summed E-state index contributed by atoms with van der Waals surface area (Å²) < 4.78 is 7.46. The van der Waals surface area contributed by atoms with Crippen molar-refractivity contribution in [3.63, 3.8) is 0 Å². The van der Waals surface area contributed by atoms with Gasteiger partial charge < -0.3 is 9.52 Å². The molecule has 0 aliphatic heterocycles. The van der Waals surface area contributed by atoms with E-state index in [9.17, 15) is 9.90 Å². The minimum Gasteiger partial charge on any atom is -0.481 e. The summed E-state index contributed by atoms with van der Waals surface area (Å²) in [6.07, 6.45) is 1.000. The quantitative estimate of drug-likeness (QED) is 0.866. The van der Waals surface area contributed by atoms with Gasteiger partial charge in [0.2, 0.25) is 5.82 Å². The number of aromatic nitrogens is 4. The number of hydrogen-bond donors (Lipinski definition) is 1. The lowest BCUT2D eigenvalue weighted by Gasteiger charge is -2.26. The van der Waals surface area contributed by atoms with E-state index >= 15 is 0 Å². The van der Waals surface area contributed by atoms with E-state index in [0.29, 0.717) is 29.1 Å². The van der Waals surface area contributed by atoms with Gasteiger partial charge >= 0.3 is 5.97 Å². The molecule has 0 aliphatic carbocycles. The van der Waals surface area contributed by atoms with E-state index < -0.39 is 11.4 Å². The molecule has 0 aliphatic rings. The Bertz CT molecular complexity index is 603. The fourth-order valence-electron chi connectivity index (χ4n) is 2.05. The van der Waals surface area contributed by atoms with Crippen molar-refractivity contribution in [2.75, 3.05) is 0 Å². The number of carboxylic acids is 1. The third-order valence-electron chi connectivity index (χ3n) is 3.59. The van der Waals surface area contributed by atoms with Gasteiger partial charge in [-0.1, -0.05) is 13.8 Å². The minimum absolute atomic E-state index is 0.204. The Morgan fingerprint density at radius 1 is 1.45 bits per heavy atom. The second-order valence-electron chi connectivity index (χ2n) is 4.56. The first-order valence-corrected chi connectivity index (χ1v) is 7.07. The second kappa shape index (κ2) is 5.74. The first kappa shape index (κ1) is 14.7. The number of carbonyl (C=O) groups is 1. The van der Waals surface area contributed by atoms with Crippen molar-refractivity contribution in [3.05, 3.63) is 16.8 Å². The summed E-state index contributed by atoms with van der Waals surface area (Å²) in [6, 6.07) is 3.46. The van der Waals surface area contributed by atoms with Gasteiger partial charge in [0.15, 0.2) is 10.4 Å². The molecule has 0 fully saturated rings. The van der Waals surface area contributed by atoms with Crippen molar-refractivity contribution in [1.29, 1.82) is 0 Å². The maximum Gasteiger partial charge on any atom is 0.311 e. The highest BCUT2D eigenvalue weighted by atomic mass is 79.9. The number of aliphatic carboxylic acids is 1. The molecular weight excluding hydrogens is 328 g/mol. The molecule has 0 bridgehead atoms. The van der Waals surface area contributed by atoms with Crippen molar-refractivity contribution in [3.8, 4) is 11.6 Å². The van der Waals surface area contributed by atoms with Crippen LogP contribution >= 0.6 is 15.9 Å². The van der Waals surface area contributed by atoms with Gasteiger partial charge in [-0.05, 0) is 51.3 Å². The van der Waals surface area contributed by atoms with Crippen molar-refractivity contribution in [1.82, 2.24) is 20.2 Å². The van der Waals surface area contributed by atoms with Crippen LogP contribution in [-0.4, -0.2) is 31.3 Å². The largest absolute Gasteiger partial charge is 0.481 e. The highest BCUT2D eigenvalue weighted by Gasteiger charge is 2.36. The van der Waals surface area contributed by atoms with Gasteiger partial charge in [0.25, 0.3) is 0 Å². The van der Waals surface area contributed by atoms with Gasteiger partial charge in [-0.3, -0.25) is 4.79 Å². The summed E-state index contributed by atoms with van der Waals surface area (Å²) in [6.45, 7) is 3.91. The van der Waals surface area contributed by atoms with Crippen molar-refractivity contribution < 1.29 is 14.3 Å². The number of nitrogens with zero attached hydrogens (tertiary/aromatic N) is 4. The van der Waals surface area contributed by atoms with Crippen molar-refractivity contribution in [2.24, 2.45) is 5.41 Å². The van der Waals surface area contributed by atoms with Crippen molar-refractivity contribution >= 4 is 21.9 Å². The zero-order valence-electron chi connectivity index (χ0n) is 11.2. The Kier molecular flexibility index (Phi) is 4.22. The molecule has 108 valence electrons. The molecule has 0 atom stereocenters. The highest BCUT2D eigenvalue weighted by Crippen LogP contribution is 2.31. The zero-order valence-corrected chi connectivity index (χ0v) is 12.8. The maximum atomic E-state index is 11.5. The van der Waals surface area contributed by atoms with Crippen LogP contribution in [0.4, 0.5) is 0 Å². The van der Waals surface area contributed by atoms with Gasteiger partial charge in [-0.15, -0.1) is 5.10 Å². The monoisotopic (exact) mass is 342 g/mol. The van der Waals surface area contributed by atoms with E-state index in [-0.39, 0.29) is 6.54 Å². The van der Waals surface area contributed by atoms with Crippen LogP contribution in [0.3, 0.4) is 0 Å². The third-order valence-corrected chi connectivity index (χ3v) is 4.01. The molecule has 0 radical (unpaired) electrons. The molecule has 0 aromatic carbocycles. The van der Waals surface area contributed by atoms with Crippen LogP contribution in [-0.2, 0) is 11.3 Å². The molecule has 2 aromatic rings. The molecule has 2 rings (SSSR count). The van der Waals surface area contributed by atoms with Gasteiger partial charge in [0, 0.05) is 0 Å². The van der Waals surface area contributed by atoms with E-state index in [1.807, 2.05) is 13.8 Å². The number of tetrazole rings is 1. The molecule has 7 nitrogen and oxygen atoms in total. The molecular formula is C12H15BrN4O3. The summed E-state index contributed by atoms with van der Waals surface area (Å²) in [5, 5.41) is 20.9. The molecule has 0 saturated carbocycles. The molecule has 0 amide bonds. The molecule has 20 heavy (non-hydrogen) atoms. The normalized spacial score (nSPS) is 11.8. The molecule has 0 saturated heterocycles. The summed E-state index contributed by atoms with van der Waals surface area (Å²) in [4.78, 5) is 11.5. The Morgan fingerprint density at radius 3 is 2.65 bits per heavy atom. The molecule has 8 heteroatoms. The zero-order chi connectivity index (χ0) is 14.8. The summed E-state index contributed by atoms with van der Waals surface area (Å²) in [5.41, 5.74) is -0.881. The Balaban J connectivity index is 2.35. The van der Waals surface area contributed by atoms with E-state index in [1.54, 1.807) is 12.1 Å². The van der Waals surface area contributed by atoms with Crippen molar-refractivity contribution in [2.45, 2.75) is 33.2 Å². The molecule has 0 spiro atoms. The summed E-state index contributed by atoms with van der Waals surface area (Å²) in [7, 11) is 0. The van der Waals surface area contributed by atoms with Crippen LogP contribution in [0.5, 0.6) is 0 Å². The number of furan rings is 1. The average Bonchev–Trinajstić information content (AvgIpc) is 3.04. The lowest BCUT2D eigenvalue weighted by molar-refractivity contribution is -0.150. The number of halogens is 1. The van der Waals surface area contributed by atoms with E-state index in [1.165, 1.54) is 4.68 Å². The lowest BCUT2D eigenvalue weighted by atomic mass is 9.82. The van der Waals surface area contributed by atoms with Gasteiger partial charge in [-0.25, -0.2) is 4.68 Å². The minimum atomic E-state index is -0.881. The Hall–Kier alpha value is -1.70. The lowest BCUT2D eigenvalue weighted by Crippen LogP contribution is -2.35. The average molecular weight is 343 g/mol. The first-order valence-electron chi connectivity index (χ1n) is 6.27. The number of hydrogen-bond acceptors (Lipinski definition) is 5. The van der Waals surface area contributed by atoms with Crippen LogP contribution in [0, 0.1) is 5.41 Å². The fourth-order valence-corrected chi connectivity index (χ4v) is 2.36. The van der Waals surface area contributed by atoms with Crippen LogP contribution in [0.2, 0.25) is 0 Å². The topological polar surface area (TPSA) is 94.0 Å². The van der Waals surface area contributed by atoms with Crippen LogP contribution in [0.1, 0.15) is 26.7 Å². The van der Waals surface area contributed by atoms with E-state index in [2.05, 4.69) is 31.5 Å². The standard InChI is InChI=1S/C12H15BrN4O3/c1-3-12(4-2,11(18)19)7-17-10(14-15-16-17)8-5-6-9(13)20-8/h5-6H,3-4,7H2,1-2H3,(H,18,19). The Morgan fingerprint density at radius 2 is 2.15 bits per heavy atom. The molecule has 2 heterocycles. The smallest absolute Gasteiger partial charge is 0.311 e. The van der Waals surface area contributed by atoms with Crippen LogP contribution in [0.15, 0.2) is 21.2 Å². The SMILES string of the molecule is CCC(CC)(Cn1nnnc1-c1ccc(Br)o1)C(=O)O. The summed E-state index contributed by atoms with van der Waals surface area (Å²) >= 11 is 3.22. The Labute approximate surface area is 124 Å². The number of carboxylic acid groups (broad SMARTS) is 1. The van der Waals surface area contributed by atoms with E-state index in [4.69, 9.17) is 4.42 Å². The van der Waals surface area contributed by atoms with Gasteiger partial charge in [0.05, 0.1) is 12.0 Å². The molecule has 2 aromatic heterocycles. The first-order chi connectivity index (χ1) is 9.52. The van der Waals surface area contributed by atoms with E-state index in [0.717, 1.165) is 0 Å². The predicted octanol–water partition coefficient (Wildman–Crippen LogP) is 2.59. The van der Waals surface area contributed by atoms with Crippen LogP contribution in [0.25, 0.3) is 11.6 Å². The number of rotatable bonds is 6.